The Kier molecular flexibility index (Phi) is 2.54. The fraction of sp³-hybridized carbons (Fsp3) is 0.533. The molecule has 0 radical (unpaired) electrons. The molecule has 2 aromatic heterocycles. The molecule has 1 saturated carbocycles. The van der Waals surface area contributed by atoms with Crippen LogP contribution in [0.5, 0.6) is 0 Å². The fourth-order valence-corrected chi connectivity index (χ4v) is 3.40. The van der Waals surface area contributed by atoms with Gasteiger partial charge in [-0.1, -0.05) is 0 Å². The van der Waals surface area contributed by atoms with E-state index in [1.165, 1.54) is 18.0 Å². The lowest BCUT2D eigenvalue weighted by Crippen LogP contribution is -2.09. The molecule has 3 heterocycles. The van der Waals surface area contributed by atoms with Gasteiger partial charge >= 0.3 is 0 Å². The summed E-state index contributed by atoms with van der Waals surface area (Å²) in [5.41, 5.74) is 2.83. The zero-order chi connectivity index (χ0) is 13.9. The maximum absolute atomic E-state index is 13.2. The van der Waals surface area contributed by atoms with Gasteiger partial charge in [0.1, 0.15) is 11.5 Å². The molecule has 0 spiro atoms. The molecule has 2 fully saturated rings. The standard InChI is InChI=1S/C15H18FN3O/c1-8(2)19-14(15-10-6-20-7-11(10)15)4-13(18-19)12-3-9(16)5-17-12/h3-5,8,10-11,15,17H,6-7H2,1-2H3/t10-,11+,15-. The van der Waals surface area contributed by atoms with Crippen molar-refractivity contribution in [2.45, 2.75) is 25.8 Å². The van der Waals surface area contributed by atoms with Gasteiger partial charge in [0, 0.05) is 29.9 Å². The monoisotopic (exact) mass is 275 g/mol. The Morgan fingerprint density at radius 1 is 1.35 bits per heavy atom. The summed E-state index contributed by atoms with van der Waals surface area (Å²) < 4.78 is 20.7. The number of hydrogen-bond acceptors (Lipinski definition) is 2. The molecule has 0 bridgehead atoms. The number of fused-ring (bicyclic) bond motifs is 1. The second-order valence-electron chi connectivity index (χ2n) is 6.12. The van der Waals surface area contributed by atoms with E-state index in [1.54, 1.807) is 0 Å². The fourth-order valence-electron chi connectivity index (χ4n) is 3.40. The van der Waals surface area contributed by atoms with Crippen molar-refractivity contribution in [2.24, 2.45) is 11.8 Å². The van der Waals surface area contributed by atoms with Crippen LogP contribution in [0.15, 0.2) is 18.3 Å². The third kappa shape index (κ3) is 1.73. The van der Waals surface area contributed by atoms with Crippen LogP contribution in [0.3, 0.4) is 0 Å². The van der Waals surface area contributed by atoms with Crippen molar-refractivity contribution >= 4 is 0 Å². The van der Waals surface area contributed by atoms with Crippen LogP contribution in [0.4, 0.5) is 4.39 Å². The number of aromatic amines is 1. The van der Waals surface area contributed by atoms with E-state index in [0.29, 0.717) is 23.8 Å². The summed E-state index contributed by atoms with van der Waals surface area (Å²) >= 11 is 0. The minimum absolute atomic E-state index is 0.252. The highest BCUT2D eigenvalue weighted by Gasteiger charge is 2.56. The van der Waals surface area contributed by atoms with Gasteiger partial charge in [0.25, 0.3) is 0 Å². The Labute approximate surface area is 116 Å². The summed E-state index contributed by atoms with van der Waals surface area (Å²) in [6, 6.07) is 3.91. The largest absolute Gasteiger partial charge is 0.381 e. The van der Waals surface area contributed by atoms with Gasteiger partial charge in [-0.05, 0) is 31.7 Å². The highest BCUT2D eigenvalue weighted by molar-refractivity contribution is 5.55. The molecule has 5 heteroatoms. The van der Waals surface area contributed by atoms with Crippen LogP contribution >= 0.6 is 0 Å². The first kappa shape index (κ1) is 12.1. The molecule has 1 N–H and O–H groups in total. The van der Waals surface area contributed by atoms with Crippen LogP contribution in [-0.4, -0.2) is 28.0 Å². The Morgan fingerprint density at radius 2 is 2.10 bits per heavy atom. The topological polar surface area (TPSA) is 42.8 Å². The SMILES string of the molecule is CC(C)n1nc(-c2cc(F)c[nH]2)cc1[C@@H]1[C@@H]2COC[C@@H]21. The summed E-state index contributed by atoms with van der Waals surface area (Å²) in [5, 5.41) is 4.66. The van der Waals surface area contributed by atoms with Gasteiger partial charge in [-0.25, -0.2) is 4.39 Å². The van der Waals surface area contributed by atoms with Gasteiger partial charge in [0.15, 0.2) is 0 Å². The molecule has 1 saturated heterocycles. The van der Waals surface area contributed by atoms with Crippen LogP contribution < -0.4 is 0 Å². The van der Waals surface area contributed by atoms with Gasteiger partial charge in [0.05, 0.1) is 18.9 Å². The van der Waals surface area contributed by atoms with Crippen LogP contribution in [0.2, 0.25) is 0 Å². The number of halogens is 1. The summed E-state index contributed by atoms with van der Waals surface area (Å²) in [6.45, 7) is 5.99. The molecule has 0 aromatic carbocycles. The summed E-state index contributed by atoms with van der Waals surface area (Å²) in [7, 11) is 0. The van der Waals surface area contributed by atoms with E-state index in [2.05, 4.69) is 34.7 Å². The lowest BCUT2D eigenvalue weighted by atomic mass is 10.2. The Morgan fingerprint density at radius 3 is 2.70 bits per heavy atom. The van der Waals surface area contributed by atoms with Crippen molar-refractivity contribution in [3.8, 4) is 11.4 Å². The first-order valence-corrected chi connectivity index (χ1v) is 7.16. The van der Waals surface area contributed by atoms with Crippen LogP contribution in [-0.2, 0) is 4.74 Å². The molecule has 3 atom stereocenters. The third-order valence-electron chi connectivity index (χ3n) is 4.47. The maximum atomic E-state index is 13.2. The van der Waals surface area contributed by atoms with Crippen LogP contribution in [0.1, 0.15) is 31.5 Å². The number of aromatic nitrogens is 3. The number of hydrogen-bond donors (Lipinski definition) is 1. The first-order valence-electron chi connectivity index (χ1n) is 7.16. The normalized spacial score (nSPS) is 28.1. The van der Waals surface area contributed by atoms with E-state index in [0.717, 1.165) is 24.6 Å². The highest BCUT2D eigenvalue weighted by Crippen LogP contribution is 2.57. The Hall–Kier alpha value is -1.62. The molecular formula is C15H18FN3O. The van der Waals surface area contributed by atoms with E-state index in [-0.39, 0.29) is 5.82 Å². The molecule has 20 heavy (non-hydrogen) atoms. The van der Waals surface area contributed by atoms with Gasteiger partial charge < -0.3 is 9.72 Å². The molecule has 0 amide bonds. The highest BCUT2D eigenvalue weighted by atomic mass is 19.1. The second-order valence-corrected chi connectivity index (χ2v) is 6.12. The second kappa shape index (κ2) is 4.19. The molecule has 0 unspecified atom stereocenters. The molecule has 2 aliphatic rings. The number of nitrogens with one attached hydrogen (secondary N) is 1. The lowest BCUT2D eigenvalue weighted by Gasteiger charge is -2.12. The van der Waals surface area contributed by atoms with E-state index >= 15 is 0 Å². The first-order chi connectivity index (χ1) is 9.65. The van der Waals surface area contributed by atoms with Crippen LogP contribution in [0.25, 0.3) is 11.4 Å². The zero-order valence-electron chi connectivity index (χ0n) is 11.6. The van der Waals surface area contributed by atoms with E-state index < -0.39 is 0 Å². The summed E-state index contributed by atoms with van der Waals surface area (Å²) in [4.78, 5) is 2.94. The number of ether oxygens (including phenoxy) is 1. The van der Waals surface area contributed by atoms with Crippen molar-refractivity contribution in [1.29, 1.82) is 0 Å². The molecule has 1 aliphatic carbocycles. The van der Waals surface area contributed by atoms with E-state index in [4.69, 9.17) is 4.74 Å². The quantitative estimate of drug-likeness (QED) is 0.935. The minimum atomic E-state index is -0.252. The average Bonchev–Trinajstić information content (AvgIpc) is 2.91. The summed E-state index contributed by atoms with van der Waals surface area (Å²) in [5.74, 6) is 1.61. The Bertz CT molecular complexity index is 635. The smallest absolute Gasteiger partial charge is 0.141 e. The molecular weight excluding hydrogens is 257 g/mol. The van der Waals surface area contributed by atoms with Crippen molar-refractivity contribution in [3.63, 3.8) is 0 Å². The predicted molar refractivity (Wildman–Crippen MR) is 72.9 cm³/mol. The molecule has 106 valence electrons. The molecule has 1 aliphatic heterocycles. The number of rotatable bonds is 3. The van der Waals surface area contributed by atoms with E-state index in [1.807, 2.05) is 0 Å². The minimum Gasteiger partial charge on any atom is -0.381 e. The van der Waals surface area contributed by atoms with Gasteiger partial charge in [-0.3, -0.25) is 4.68 Å². The average molecular weight is 275 g/mol. The number of H-pyrrole nitrogens is 1. The van der Waals surface area contributed by atoms with Crippen molar-refractivity contribution in [2.75, 3.05) is 13.2 Å². The van der Waals surface area contributed by atoms with Gasteiger partial charge in [-0.15, -0.1) is 0 Å². The zero-order valence-corrected chi connectivity index (χ0v) is 11.6. The van der Waals surface area contributed by atoms with Crippen molar-refractivity contribution < 1.29 is 9.13 Å². The summed E-state index contributed by atoms with van der Waals surface area (Å²) in [6.07, 6.45) is 1.36. The van der Waals surface area contributed by atoms with E-state index in [9.17, 15) is 4.39 Å². The van der Waals surface area contributed by atoms with Crippen molar-refractivity contribution in [3.05, 3.63) is 29.8 Å². The van der Waals surface area contributed by atoms with Gasteiger partial charge in [-0.2, -0.15) is 5.10 Å². The number of nitrogens with zero attached hydrogens (tertiary/aromatic N) is 2. The predicted octanol–water partition coefficient (Wildman–Crippen LogP) is 2.96. The maximum Gasteiger partial charge on any atom is 0.141 e. The van der Waals surface area contributed by atoms with Crippen molar-refractivity contribution in [1.82, 2.24) is 14.8 Å². The molecule has 2 aromatic rings. The molecule has 4 rings (SSSR count). The lowest BCUT2D eigenvalue weighted by molar-refractivity contribution is 0.159. The Balaban J connectivity index is 1.72. The third-order valence-corrected chi connectivity index (χ3v) is 4.47. The van der Waals surface area contributed by atoms with Gasteiger partial charge in [0.2, 0.25) is 0 Å². The molecule has 4 nitrogen and oxygen atoms in total. The van der Waals surface area contributed by atoms with Crippen LogP contribution in [0, 0.1) is 17.7 Å².